The molecule has 1 saturated carbocycles. The molecule has 0 aromatic carbocycles. The van der Waals surface area contributed by atoms with Crippen molar-refractivity contribution in [1.82, 2.24) is 9.88 Å². The standard InChI is InChI=1S/C18H26N2O4/c1-6-20(17(22)13-8-9-13)12(5)16(21)14-10(3)15(19-11(14)4)18(23)24-7-2/h12-13,19H,6-9H2,1-5H3/t12-/m0/s1. The van der Waals surface area contributed by atoms with E-state index < -0.39 is 12.0 Å². The van der Waals surface area contributed by atoms with Gasteiger partial charge in [0.05, 0.1) is 12.6 Å². The van der Waals surface area contributed by atoms with Crippen LogP contribution in [0.25, 0.3) is 0 Å². The maximum absolute atomic E-state index is 13.0. The monoisotopic (exact) mass is 334 g/mol. The molecule has 0 saturated heterocycles. The number of amides is 1. The molecule has 24 heavy (non-hydrogen) atoms. The maximum atomic E-state index is 13.0. The lowest BCUT2D eigenvalue weighted by Crippen LogP contribution is -2.44. The first-order valence-corrected chi connectivity index (χ1v) is 8.54. The highest BCUT2D eigenvalue weighted by Gasteiger charge is 2.37. The van der Waals surface area contributed by atoms with E-state index in [1.54, 1.807) is 32.6 Å². The van der Waals surface area contributed by atoms with Crippen LogP contribution in [0.1, 0.15) is 65.7 Å². The number of carbonyl (C=O) groups excluding carboxylic acids is 3. The lowest BCUT2D eigenvalue weighted by molar-refractivity contribution is -0.133. The van der Waals surface area contributed by atoms with Gasteiger partial charge in [-0.1, -0.05) is 0 Å². The Kier molecular flexibility index (Phi) is 5.47. The topological polar surface area (TPSA) is 79.5 Å². The lowest BCUT2D eigenvalue weighted by Gasteiger charge is -2.27. The molecule has 0 radical (unpaired) electrons. The van der Waals surface area contributed by atoms with Crippen LogP contribution in [-0.4, -0.2) is 46.7 Å². The number of carbonyl (C=O) groups is 3. The Bertz CT molecular complexity index is 658. The predicted octanol–water partition coefficient (Wildman–Crippen LogP) is 2.64. The fraction of sp³-hybridized carbons (Fsp3) is 0.611. The molecule has 0 unspecified atom stereocenters. The molecule has 1 aromatic heterocycles. The molecule has 1 N–H and O–H groups in total. The van der Waals surface area contributed by atoms with Gasteiger partial charge in [0.2, 0.25) is 5.91 Å². The number of nitrogens with zero attached hydrogens (tertiary/aromatic N) is 1. The molecule has 1 aromatic rings. The first-order valence-electron chi connectivity index (χ1n) is 8.54. The zero-order valence-corrected chi connectivity index (χ0v) is 15.1. The molecule has 1 aliphatic rings. The molecule has 6 heteroatoms. The SMILES string of the molecule is CCOC(=O)c1[nH]c(C)c(C(=O)[C@H](C)N(CC)C(=O)C2CC2)c1C. The van der Waals surface area contributed by atoms with Crippen molar-refractivity contribution in [1.29, 1.82) is 0 Å². The molecule has 0 bridgehead atoms. The number of Topliss-reactive ketones (excluding diaryl/α,β-unsaturated/α-hetero) is 1. The van der Waals surface area contributed by atoms with Gasteiger partial charge >= 0.3 is 5.97 Å². The summed E-state index contributed by atoms with van der Waals surface area (Å²) in [7, 11) is 0. The van der Waals surface area contributed by atoms with E-state index in [0.29, 0.717) is 29.1 Å². The van der Waals surface area contributed by atoms with E-state index in [-0.39, 0.29) is 24.2 Å². The normalized spacial score (nSPS) is 15.0. The number of ether oxygens (including phenoxy) is 1. The maximum Gasteiger partial charge on any atom is 0.355 e. The number of aromatic nitrogens is 1. The van der Waals surface area contributed by atoms with Crippen molar-refractivity contribution in [2.24, 2.45) is 5.92 Å². The molecular weight excluding hydrogens is 308 g/mol. The van der Waals surface area contributed by atoms with Crippen LogP contribution < -0.4 is 0 Å². The van der Waals surface area contributed by atoms with Gasteiger partial charge in [-0.05, 0) is 53.0 Å². The molecule has 6 nitrogen and oxygen atoms in total. The predicted molar refractivity (Wildman–Crippen MR) is 90.1 cm³/mol. The fourth-order valence-corrected chi connectivity index (χ4v) is 3.06. The summed E-state index contributed by atoms with van der Waals surface area (Å²) in [6, 6.07) is -0.550. The van der Waals surface area contributed by atoms with Gasteiger partial charge in [0, 0.05) is 23.7 Å². The van der Waals surface area contributed by atoms with Crippen LogP contribution in [0.3, 0.4) is 0 Å². The highest BCUT2D eigenvalue weighted by molar-refractivity contribution is 6.06. The number of likely N-dealkylation sites (N-methyl/N-ethyl adjacent to an activating group) is 1. The molecule has 2 rings (SSSR count). The minimum atomic E-state index is -0.550. The number of H-pyrrole nitrogens is 1. The quantitative estimate of drug-likeness (QED) is 0.614. The Balaban J connectivity index is 2.28. The molecule has 1 fully saturated rings. The molecule has 1 aliphatic carbocycles. The highest BCUT2D eigenvalue weighted by atomic mass is 16.5. The van der Waals surface area contributed by atoms with E-state index in [4.69, 9.17) is 4.74 Å². The summed E-state index contributed by atoms with van der Waals surface area (Å²) in [6.07, 6.45) is 1.82. The van der Waals surface area contributed by atoms with Crippen molar-refractivity contribution in [3.8, 4) is 0 Å². The summed E-state index contributed by atoms with van der Waals surface area (Å²) < 4.78 is 5.02. The van der Waals surface area contributed by atoms with Gasteiger partial charge in [0.15, 0.2) is 5.78 Å². The van der Waals surface area contributed by atoms with Gasteiger partial charge in [-0.3, -0.25) is 9.59 Å². The first-order chi connectivity index (χ1) is 11.3. The van der Waals surface area contributed by atoms with E-state index in [2.05, 4.69) is 4.98 Å². The van der Waals surface area contributed by atoms with E-state index in [0.717, 1.165) is 12.8 Å². The van der Waals surface area contributed by atoms with Crippen molar-refractivity contribution in [2.75, 3.05) is 13.2 Å². The van der Waals surface area contributed by atoms with E-state index in [1.165, 1.54) is 0 Å². The van der Waals surface area contributed by atoms with Crippen LogP contribution in [0.5, 0.6) is 0 Å². The fourth-order valence-electron chi connectivity index (χ4n) is 3.06. The van der Waals surface area contributed by atoms with Crippen molar-refractivity contribution < 1.29 is 19.1 Å². The molecule has 1 amide bonds. The summed E-state index contributed by atoms with van der Waals surface area (Å²) in [5.41, 5.74) is 1.99. The van der Waals surface area contributed by atoms with Crippen molar-refractivity contribution in [3.63, 3.8) is 0 Å². The van der Waals surface area contributed by atoms with E-state index >= 15 is 0 Å². The number of nitrogens with one attached hydrogen (secondary N) is 1. The summed E-state index contributed by atoms with van der Waals surface area (Å²) in [5.74, 6) is -0.489. The zero-order valence-electron chi connectivity index (χ0n) is 15.1. The van der Waals surface area contributed by atoms with E-state index in [9.17, 15) is 14.4 Å². The van der Waals surface area contributed by atoms with Crippen LogP contribution >= 0.6 is 0 Å². The third-order valence-corrected chi connectivity index (χ3v) is 4.56. The van der Waals surface area contributed by atoms with E-state index in [1.807, 2.05) is 6.92 Å². The highest BCUT2D eigenvalue weighted by Crippen LogP contribution is 2.32. The van der Waals surface area contributed by atoms with Crippen molar-refractivity contribution >= 4 is 17.7 Å². The number of esters is 1. The third kappa shape index (κ3) is 3.37. The Hall–Kier alpha value is -2.11. The van der Waals surface area contributed by atoms with Crippen LogP contribution in [0.15, 0.2) is 0 Å². The number of aromatic amines is 1. The largest absolute Gasteiger partial charge is 0.461 e. The van der Waals surface area contributed by atoms with Crippen molar-refractivity contribution in [3.05, 3.63) is 22.5 Å². The summed E-state index contributed by atoms with van der Waals surface area (Å²) >= 11 is 0. The van der Waals surface area contributed by atoms with Crippen LogP contribution in [-0.2, 0) is 9.53 Å². The Morgan fingerprint density at radius 2 is 1.88 bits per heavy atom. The minimum absolute atomic E-state index is 0.0507. The number of hydrogen-bond acceptors (Lipinski definition) is 4. The summed E-state index contributed by atoms with van der Waals surface area (Å²) in [4.78, 5) is 41.9. The van der Waals surface area contributed by atoms with Gasteiger partial charge in [0.1, 0.15) is 5.69 Å². The van der Waals surface area contributed by atoms with Gasteiger partial charge < -0.3 is 14.6 Å². The number of ketones is 1. The Morgan fingerprint density at radius 1 is 1.25 bits per heavy atom. The van der Waals surface area contributed by atoms with Gasteiger partial charge in [-0.25, -0.2) is 4.79 Å². The average molecular weight is 334 g/mol. The molecule has 132 valence electrons. The van der Waals surface area contributed by atoms with Crippen LogP contribution in [0.4, 0.5) is 0 Å². The first kappa shape index (κ1) is 18.2. The number of hydrogen-bond donors (Lipinski definition) is 1. The van der Waals surface area contributed by atoms with Gasteiger partial charge in [-0.2, -0.15) is 0 Å². The van der Waals surface area contributed by atoms with Gasteiger partial charge in [-0.15, -0.1) is 0 Å². The minimum Gasteiger partial charge on any atom is -0.461 e. The Labute approximate surface area is 142 Å². The Morgan fingerprint density at radius 3 is 2.38 bits per heavy atom. The second-order valence-corrected chi connectivity index (χ2v) is 6.28. The summed E-state index contributed by atoms with van der Waals surface area (Å²) in [6.45, 7) is 9.63. The second-order valence-electron chi connectivity index (χ2n) is 6.28. The zero-order chi connectivity index (χ0) is 18.0. The molecular formula is C18H26N2O4. The average Bonchev–Trinajstić information content (AvgIpc) is 3.33. The van der Waals surface area contributed by atoms with Crippen LogP contribution in [0.2, 0.25) is 0 Å². The number of rotatable bonds is 7. The molecule has 1 atom stereocenters. The second kappa shape index (κ2) is 7.20. The van der Waals surface area contributed by atoms with Crippen LogP contribution in [0, 0.1) is 19.8 Å². The smallest absolute Gasteiger partial charge is 0.355 e. The molecule has 0 spiro atoms. The number of aryl methyl sites for hydroxylation is 1. The molecule has 0 aliphatic heterocycles. The van der Waals surface area contributed by atoms with Gasteiger partial charge in [0.25, 0.3) is 0 Å². The molecule has 1 heterocycles. The summed E-state index contributed by atoms with van der Waals surface area (Å²) in [5, 5.41) is 0. The third-order valence-electron chi connectivity index (χ3n) is 4.56. The van der Waals surface area contributed by atoms with Crippen molar-refractivity contribution in [2.45, 2.75) is 53.5 Å². The lowest BCUT2D eigenvalue weighted by atomic mass is 9.99.